The molecule has 4 heteroatoms. The number of hydrogen-bond acceptors (Lipinski definition) is 2. The second-order valence-electron chi connectivity index (χ2n) is 7.20. The van der Waals surface area contributed by atoms with E-state index in [4.69, 9.17) is 4.74 Å². The molecule has 1 aliphatic rings. The van der Waals surface area contributed by atoms with Crippen molar-refractivity contribution in [3.8, 4) is 5.75 Å². The van der Waals surface area contributed by atoms with Crippen LogP contribution in [-0.2, 0) is 16.6 Å². The number of amides is 1. The molecule has 1 aliphatic carbocycles. The predicted molar refractivity (Wildman–Crippen MR) is 101 cm³/mol. The highest BCUT2D eigenvalue weighted by Gasteiger charge is 2.45. The van der Waals surface area contributed by atoms with Crippen molar-refractivity contribution >= 4 is 5.91 Å². The van der Waals surface area contributed by atoms with Gasteiger partial charge < -0.3 is 10.1 Å². The molecule has 0 bridgehead atoms. The summed E-state index contributed by atoms with van der Waals surface area (Å²) in [5.41, 5.74) is 1.66. The molecule has 3 nitrogen and oxygen atoms in total. The highest BCUT2D eigenvalue weighted by molar-refractivity contribution is 5.89. The summed E-state index contributed by atoms with van der Waals surface area (Å²) in [5, 5.41) is 3.17. The molecule has 0 aliphatic heterocycles. The van der Waals surface area contributed by atoms with Gasteiger partial charge in [0.15, 0.2) is 0 Å². The molecule has 0 heterocycles. The van der Waals surface area contributed by atoms with E-state index < -0.39 is 5.41 Å². The molecular weight excluding hydrogens is 329 g/mol. The fourth-order valence-electron chi connectivity index (χ4n) is 3.56. The number of benzene rings is 2. The fraction of sp³-hybridized carbons (Fsp3) is 0.409. The van der Waals surface area contributed by atoms with Crippen LogP contribution in [0.2, 0.25) is 0 Å². The largest absolute Gasteiger partial charge is 0.497 e. The van der Waals surface area contributed by atoms with Crippen LogP contribution in [0.3, 0.4) is 0 Å². The summed E-state index contributed by atoms with van der Waals surface area (Å²) in [6.45, 7) is 2.04. The van der Waals surface area contributed by atoms with Crippen molar-refractivity contribution in [2.75, 3.05) is 7.11 Å². The van der Waals surface area contributed by atoms with E-state index in [0.29, 0.717) is 0 Å². The Kier molecular flexibility index (Phi) is 5.60. The molecule has 1 N–H and O–H groups in total. The predicted octanol–water partition coefficient (Wildman–Crippen LogP) is 4.39. The third-order valence-corrected chi connectivity index (χ3v) is 5.44. The Morgan fingerprint density at radius 3 is 2.35 bits per heavy atom. The molecule has 3 rings (SSSR count). The first-order chi connectivity index (χ1) is 12.5. The van der Waals surface area contributed by atoms with Crippen LogP contribution in [-0.4, -0.2) is 19.1 Å². The minimum Gasteiger partial charge on any atom is -0.497 e. The molecule has 1 amide bonds. The maximum atomic E-state index is 13.2. The molecule has 0 spiro atoms. The molecule has 0 radical (unpaired) electrons. The molecule has 1 saturated carbocycles. The number of ether oxygens (including phenoxy) is 1. The minimum atomic E-state index is -0.484. The summed E-state index contributed by atoms with van der Waals surface area (Å²) in [6.07, 6.45) is 4.46. The van der Waals surface area contributed by atoms with Gasteiger partial charge in [0.2, 0.25) is 5.91 Å². The number of carbonyl (C=O) groups excluding carboxylic acids is 1. The molecule has 2 aromatic carbocycles. The lowest BCUT2D eigenvalue weighted by atomic mass is 9.63. The van der Waals surface area contributed by atoms with Gasteiger partial charge >= 0.3 is 0 Å². The Labute approximate surface area is 154 Å². The molecule has 0 aromatic heterocycles. The van der Waals surface area contributed by atoms with Gasteiger partial charge in [-0.1, -0.05) is 30.7 Å². The van der Waals surface area contributed by atoms with Crippen LogP contribution in [0.15, 0.2) is 48.5 Å². The van der Waals surface area contributed by atoms with Gasteiger partial charge in [-0.25, -0.2) is 4.39 Å². The number of hydrogen-bond donors (Lipinski definition) is 1. The number of carbonyl (C=O) groups is 1. The Hall–Kier alpha value is -2.36. The van der Waals surface area contributed by atoms with Crippen molar-refractivity contribution in [1.29, 1.82) is 0 Å². The quantitative estimate of drug-likeness (QED) is 0.800. The Balaban J connectivity index is 1.58. The van der Waals surface area contributed by atoms with Crippen molar-refractivity contribution < 1.29 is 13.9 Å². The number of halogens is 1. The Bertz CT molecular complexity index is 736. The van der Waals surface area contributed by atoms with E-state index in [0.717, 1.165) is 43.4 Å². The van der Waals surface area contributed by atoms with E-state index in [-0.39, 0.29) is 17.8 Å². The number of aryl methyl sites for hydroxylation is 1. The highest BCUT2D eigenvalue weighted by atomic mass is 19.1. The van der Waals surface area contributed by atoms with Crippen molar-refractivity contribution in [3.63, 3.8) is 0 Å². The van der Waals surface area contributed by atoms with Gasteiger partial charge in [0, 0.05) is 6.04 Å². The molecular formula is C22H26FNO2. The van der Waals surface area contributed by atoms with Crippen LogP contribution in [0.5, 0.6) is 5.75 Å². The summed E-state index contributed by atoms with van der Waals surface area (Å²) in [5.74, 6) is 0.649. The highest BCUT2D eigenvalue weighted by Crippen LogP contribution is 2.44. The van der Waals surface area contributed by atoms with Crippen LogP contribution in [0.1, 0.15) is 43.7 Å². The van der Waals surface area contributed by atoms with Gasteiger partial charge in [0.1, 0.15) is 11.6 Å². The van der Waals surface area contributed by atoms with Crippen molar-refractivity contribution in [1.82, 2.24) is 5.32 Å². The van der Waals surface area contributed by atoms with E-state index in [1.807, 2.05) is 19.1 Å². The van der Waals surface area contributed by atoms with Crippen LogP contribution < -0.4 is 10.1 Å². The smallest absolute Gasteiger partial charge is 0.230 e. The molecule has 1 fully saturated rings. The zero-order chi connectivity index (χ0) is 18.6. The topological polar surface area (TPSA) is 38.3 Å². The van der Waals surface area contributed by atoms with Crippen LogP contribution in [0.4, 0.5) is 4.39 Å². The first-order valence-electron chi connectivity index (χ1n) is 9.23. The number of methoxy groups -OCH3 is 1. The average molecular weight is 355 g/mol. The van der Waals surface area contributed by atoms with E-state index >= 15 is 0 Å². The van der Waals surface area contributed by atoms with Gasteiger partial charge in [0.05, 0.1) is 12.5 Å². The standard InChI is InChI=1S/C22H26FNO2/c1-16(4-5-17-6-12-20(26-2)13-7-17)24-21(25)22(14-3-15-22)18-8-10-19(23)11-9-18/h6-13,16H,3-5,14-15H2,1-2H3,(H,24,25). The van der Waals surface area contributed by atoms with Crippen LogP contribution >= 0.6 is 0 Å². The van der Waals surface area contributed by atoms with Gasteiger partial charge in [-0.15, -0.1) is 0 Å². The van der Waals surface area contributed by atoms with Crippen LogP contribution in [0.25, 0.3) is 0 Å². The molecule has 0 saturated heterocycles. The Morgan fingerprint density at radius 1 is 1.15 bits per heavy atom. The van der Waals surface area contributed by atoms with E-state index in [2.05, 4.69) is 17.4 Å². The van der Waals surface area contributed by atoms with Crippen molar-refractivity contribution in [2.24, 2.45) is 0 Å². The normalized spacial score (nSPS) is 16.4. The number of nitrogens with one attached hydrogen (secondary N) is 1. The summed E-state index contributed by atoms with van der Waals surface area (Å²) < 4.78 is 18.4. The van der Waals surface area contributed by atoms with E-state index in [1.54, 1.807) is 19.2 Å². The van der Waals surface area contributed by atoms with Crippen molar-refractivity contribution in [3.05, 3.63) is 65.5 Å². The van der Waals surface area contributed by atoms with Crippen LogP contribution in [0, 0.1) is 5.82 Å². The summed E-state index contributed by atoms with van der Waals surface area (Å²) in [7, 11) is 1.66. The first kappa shape index (κ1) is 18.4. The van der Waals surface area contributed by atoms with Gasteiger partial charge in [-0.05, 0) is 68.0 Å². The van der Waals surface area contributed by atoms with Gasteiger partial charge in [-0.3, -0.25) is 4.79 Å². The Morgan fingerprint density at radius 2 is 1.81 bits per heavy atom. The molecule has 2 aromatic rings. The zero-order valence-corrected chi connectivity index (χ0v) is 15.4. The molecule has 138 valence electrons. The summed E-state index contributed by atoms with van der Waals surface area (Å²) in [6, 6.07) is 14.5. The molecule has 1 unspecified atom stereocenters. The lowest BCUT2D eigenvalue weighted by Gasteiger charge is -2.41. The van der Waals surface area contributed by atoms with E-state index in [1.165, 1.54) is 17.7 Å². The number of rotatable bonds is 7. The third kappa shape index (κ3) is 3.90. The maximum Gasteiger partial charge on any atom is 0.230 e. The molecule has 26 heavy (non-hydrogen) atoms. The molecule has 1 atom stereocenters. The third-order valence-electron chi connectivity index (χ3n) is 5.44. The lowest BCUT2D eigenvalue weighted by molar-refractivity contribution is -0.130. The average Bonchev–Trinajstić information content (AvgIpc) is 2.61. The second-order valence-corrected chi connectivity index (χ2v) is 7.20. The van der Waals surface area contributed by atoms with Crippen molar-refractivity contribution in [2.45, 2.75) is 50.5 Å². The van der Waals surface area contributed by atoms with E-state index in [9.17, 15) is 9.18 Å². The fourth-order valence-corrected chi connectivity index (χ4v) is 3.56. The SMILES string of the molecule is COc1ccc(CCC(C)NC(=O)C2(c3ccc(F)cc3)CCC2)cc1. The lowest BCUT2D eigenvalue weighted by Crippen LogP contribution is -2.51. The van der Waals surface area contributed by atoms with Gasteiger partial charge in [0.25, 0.3) is 0 Å². The monoisotopic (exact) mass is 355 g/mol. The summed E-state index contributed by atoms with van der Waals surface area (Å²) in [4.78, 5) is 12.9. The maximum absolute atomic E-state index is 13.2. The minimum absolute atomic E-state index is 0.0672. The summed E-state index contributed by atoms with van der Waals surface area (Å²) >= 11 is 0. The van der Waals surface area contributed by atoms with Gasteiger partial charge in [-0.2, -0.15) is 0 Å². The zero-order valence-electron chi connectivity index (χ0n) is 15.4. The first-order valence-corrected chi connectivity index (χ1v) is 9.23. The second kappa shape index (κ2) is 7.90.